The molecule has 1 heterocycles. The van der Waals surface area contributed by atoms with Gasteiger partial charge in [0.15, 0.2) is 0 Å². The predicted molar refractivity (Wildman–Crippen MR) is 71.3 cm³/mol. The number of nitrogens with one attached hydrogen (secondary N) is 1. The molecule has 0 radical (unpaired) electrons. The summed E-state index contributed by atoms with van der Waals surface area (Å²) >= 11 is 5.64. The Kier molecular flexibility index (Phi) is 4.54. The van der Waals surface area contributed by atoms with E-state index in [4.69, 9.17) is 0 Å². The van der Waals surface area contributed by atoms with Crippen molar-refractivity contribution < 1.29 is 0 Å². The van der Waals surface area contributed by atoms with Crippen LogP contribution in [0.3, 0.4) is 0 Å². The zero-order chi connectivity index (χ0) is 10.5. The van der Waals surface area contributed by atoms with Crippen molar-refractivity contribution >= 4 is 27.7 Å². The number of halogens is 1. The van der Waals surface area contributed by atoms with Crippen molar-refractivity contribution in [2.24, 2.45) is 0 Å². The van der Waals surface area contributed by atoms with Gasteiger partial charge in [0.2, 0.25) is 0 Å². The van der Waals surface area contributed by atoms with Gasteiger partial charge in [0.1, 0.15) is 0 Å². The van der Waals surface area contributed by atoms with Gasteiger partial charge < -0.3 is 5.32 Å². The van der Waals surface area contributed by atoms with Gasteiger partial charge in [-0.1, -0.05) is 34.1 Å². The van der Waals surface area contributed by atoms with Crippen LogP contribution in [0.4, 0.5) is 0 Å². The predicted octanol–water partition coefficient (Wildman–Crippen LogP) is 3.43. The molecule has 1 fully saturated rings. The van der Waals surface area contributed by atoms with E-state index in [2.05, 4.69) is 57.3 Å². The first-order valence-corrected chi connectivity index (χ1v) is 7.35. The molecule has 1 N–H and O–H groups in total. The van der Waals surface area contributed by atoms with Gasteiger partial charge in [0.25, 0.3) is 0 Å². The third kappa shape index (κ3) is 3.51. The largest absolute Gasteiger partial charge is 0.309 e. The van der Waals surface area contributed by atoms with Gasteiger partial charge >= 0.3 is 0 Å². The molecule has 1 saturated heterocycles. The Labute approximate surface area is 104 Å². The summed E-state index contributed by atoms with van der Waals surface area (Å²) < 4.78 is 1.21. The fourth-order valence-corrected chi connectivity index (χ4v) is 3.33. The van der Waals surface area contributed by atoms with E-state index in [1.807, 2.05) is 0 Å². The van der Waals surface area contributed by atoms with Crippen LogP contribution in [0, 0.1) is 0 Å². The van der Waals surface area contributed by atoms with Crippen LogP contribution in [0.5, 0.6) is 0 Å². The smallest absolute Gasteiger partial charge is 0.0220 e. The highest BCUT2D eigenvalue weighted by atomic mass is 79.9. The van der Waals surface area contributed by atoms with E-state index in [1.54, 1.807) is 0 Å². The number of thioether (sulfide) groups is 1. The third-order valence-electron chi connectivity index (χ3n) is 2.70. The Bertz CT molecular complexity index is 310. The second kappa shape index (κ2) is 5.92. The van der Waals surface area contributed by atoms with Crippen molar-refractivity contribution in [3.8, 4) is 0 Å². The van der Waals surface area contributed by atoms with E-state index < -0.39 is 0 Å². The van der Waals surface area contributed by atoms with Gasteiger partial charge in [-0.15, -0.1) is 0 Å². The minimum absolute atomic E-state index is 0.704. The number of benzene rings is 1. The zero-order valence-corrected chi connectivity index (χ0v) is 11.1. The van der Waals surface area contributed by atoms with Crippen molar-refractivity contribution in [3.05, 3.63) is 34.3 Å². The molecule has 1 nitrogen and oxygen atoms in total. The maximum absolute atomic E-state index is 3.63. The van der Waals surface area contributed by atoms with E-state index in [0.717, 1.165) is 6.54 Å². The average Bonchev–Trinajstić information content (AvgIpc) is 2.29. The fraction of sp³-hybridized carbons (Fsp3) is 0.500. The molecular formula is C12H16BrNS. The molecular weight excluding hydrogens is 270 g/mol. The molecule has 0 aromatic heterocycles. The van der Waals surface area contributed by atoms with E-state index in [0.29, 0.717) is 6.04 Å². The third-order valence-corrected chi connectivity index (χ3v) is 4.69. The molecule has 0 aliphatic carbocycles. The number of rotatable bonds is 3. The van der Waals surface area contributed by atoms with Crippen LogP contribution in [-0.2, 0) is 6.54 Å². The van der Waals surface area contributed by atoms with Crippen LogP contribution in [0.25, 0.3) is 0 Å². The molecule has 1 aromatic carbocycles. The lowest BCUT2D eigenvalue weighted by atomic mass is 10.1. The lowest BCUT2D eigenvalue weighted by Crippen LogP contribution is -2.33. The second-order valence-corrected chi connectivity index (χ2v) is 5.89. The monoisotopic (exact) mass is 285 g/mol. The van der Waals surface area contributed by atoms with Crippen LogP contribution in [0.2, 0.25) is 0 Å². The molecule has 82 valence electrons. The molecule has 1 atom stereocenters. The average molecular weight is 286 g/mol. The van der Waals surface area contributed by atoms with Crippen molar-refractivity contribution in [2.45, 2.75) is 25.4 Å². The molecule has 1 aliphatic heterocycles. The Morgan fingerprint density at radius 1 is 1.40 bits per heavy atom. The molecule has 1 aliphatic rings. The van der Waals surface area contributed by atoms with Crippen LogP contribution in [0.1, 0.15) is 18.4 Å². The number of hydrogen-bond donors (Lipinski definition) is 1. The van der Waals surface area contributed by atoms with Crippen molar-refractivity contribution in [2.75, 3.05) is 11.5 Å². The lowest BCUT2D eigenvalue weighted by molar-refractivity contribution is 0.507. The first-order valence-electron chi connectivity index (χ1n) is 5.41. The van der Waals surface area contributed by atoms with E-state index >= 15 is 0 Å². The van der Waals surface area contributed by atoms with Gasteiger partial charge in [-0.25, -0.2) is 0 Å². The molecule has 0 saturated carbocycles. The molecule has 0 spiro atoms. The highest BCUT2D eigenvalue weighted by Crippen LogP contribution is 2.19. The SMILES string of the molecule is Brc1ccccc1CNC1CCCSC1. The second-order valence-electron chi connectivity index (χ2n) is 3.89. The summed E-state index contributed by atoms with van der Waals surface area (Å²) in [6.07, 6.45) is 2.69. The number of hydrogen-bond acceptors (Lipinski definition) is 2. The summed E-state index contributed by atoms with van der Waals surface area (Å²) in [5.41, 5.74) is 1.35. The summed E-state index contributed by atoms with van der Waals surface area (Å²) in [7, 11) is 0. The van der Waals surface area contributed by atoms with Crippen LogP contribution in [-0.4, -0.2) is 17.5 Å². The van der Waals surface area contributed by atoms with Gasteiger partial charge in [-0.2, -0.15) is 11.8 Å². The van der Waals surface area contributed by atoms with Crippen molar-refractivity contribution in [3.63, 3.8) is 0 Å². The van der Waals surface area contributed by atoms with Crippen molar-refractivity contribution in [1.82, 2.24) is 5.32 Å². The normalized spacial score (nSPS) is 21.5. The summed E-state index contributed by atoms with van der Waals surface area (Å²) in [4.78, 5) is 0. The van der Waals surface area contributed by atoms with Crippen LogP contribution in [0.15, 0.2) is 28.7 Å². The standard InChI is InChI=1S/C12H16BrNS/c13-12-6-2-1-4-10(12)8-14-11-5-3-7-15-9-11/h1-2,4,6,11,14H,3,5,7-9H2. The zero-order valence-electron chi connectivity index (χ0n) is 8.71. The highest BCUT2D eigenvalue weighted by Gasteiger charge is 2.12. The maximum atomic E-state index is 3.63. The van der Waals surface area contributed by atoms with Gasteiger partial charge in [0.05, 0.1) is 0 Å². The summed E-state index contributed by atoms with van der Waals surface area (Å²) in [6.45, 7) is 0.979. The molecule has 1 unspecified atom stereocenters. The van der Waals surface area contributed by atoms with Crippen molar-refractivity contribution in [1.29, 1.82) is 0 Å². The Hall–Kier alpha value is 0.01000. The molecule has 0 amide bonds. The fourth-order valence-electron chi connectivity index (χ4n) is 1.80. The summed E-state index contributed by atoms with van der Waals surface area (Å²) in [5.74, 6) is 2.61. The lowest BCUT2D eigenvalue weighted by Gasteiger charge is -2.22. The van der Waals surface area contributed by atoms with Gasteiger partial charge in [-0.05, 0) is 30.2 Å². The minimum atomic E-state index is 0.704. The van der Waals surface area contributed by atoms with E-state index in [9.17, 15) is 0 Å². The van der Waals surface area contributed by atoms with E-state index in [1.165, 1.54) is 34.4 Å². The first kappa shape index (κ1) is 11.5. The summed E-state index contributed by atoms with van der Waals surface area (Å²) in [6, 6.07) is 9.14. The molecule has 15 heavy (non-hydrogen) atoms. The molecule has 2 rings (SSSR count). The molecule has 0 bridgehead atoms. The first-order chi connectivity index (χ1) is 7.36. The Morgan fingerprint density at radius 2 is 2.27 bits per heavy atom. The highest BCUT2D eigenvalue weighted by molar-refractivity contribution is 9.10. The van der Waals surface area contributed by atoms with Crippen LogP contribution >= 0.6 is 27.7 Å². The van der Waals surface area contributed by atoms with Gasteiger partial charge in [-0.3, -0.25) is 0 Å². The Morgan fingerprint density at radius 3 is 3.00 bits per heavy atom. The maximum Gasteiger partial charge on any atom is 0.0220 e. The minimum Gasteiger partial charge on any atom is -0.309 e. The molecule has 1 aromatic rings. The van der Waals surface area contributed by atoms with Crippen LogP contribution < -0.4 is 5.32 Å². The summed E-state index contributed by atoms with van der Waals surface area (Å²) in [5, 5.41) is 3.63. The quantitative estimate of drug-likeness (QED) is 0.913. The topological polar surface area (TPSA) is 12.0 Å². The molecule has 3 heteroatoms. The van der Waals surface area contributed by atoms with Gasteiger partial charge in [0, 0.05) is 22.8 Å². The van der Waals surface area contributed by atoms with E-state index in [-0.39, 0.29) is 0 Å². The Balaban J connectivity index is 1.84.